The van der Waals surface area contributed by atoms with Gasteiger partial charge in [0.05, 0.1) is 20.1 Å². The fourth-order valence-corrected chi connectivity index (χ4v) is 7.08. The van der Waals surface area contributed by atoms with Crippen LogP contribution >= 0.6 is 22.9 Å². The Balaban J connectivity index is 1.42. The second kappa shape index (κ2) is 9.11. The molecular formula is C25H22ClN3O3S2. The Labute approximate surface area is 206 Å². The molecule has 0 saturated heterocycles. The number of amides is 1. The fraction of sp³-hybridized carbons (Fsp3) is 0.200. The second-order valence-electron chi connectivity index (χ2n) is 8.01. The van der Waals surface area contributed by atoms with Crippen molar-refractivity contribution in [2.24, 2.45) is 4.99 Å². The number of hydrogen-bond acceptors (Lipinski definition) is 4. The van der Waals surface area contributed by atoms with Crippen LogP contribution in [0.25, 0.3) is 10.2 Å². The maximum Gasteiger partial charge on any atom is 0.279 e. The summed E-state index contributed by atoms with van der Waals surface area (Å²) >= 11 is 7.75. The van der Waals surface area contributed by atoms with E-state index in [0.717, 1.165) is 15.8 Å². The molecule has 0 aliphatic carbocycles. The maximum atomic E-state index is 13.2. The van der Waals surface area contributed by atoms with Gasteiger partial charge in [-0.3, -0.25) is 4.79 Å². The van der Waals surface area contributed by atoms with Gasteiger partial charge in [-0.25, -0.2) is 8.42 Å². The Bertz CT molecular complexity index is 1570. The highest BCUT2D eigenvalue weighted by Crippen LogP contribution is 2.26. The quantitative estimate of drug-likeness (QED) is 0.392. The summed E-state index contributed by atoms with van der Waals surface area (Å²) < 4.78 is 30.7. The molecule has 174 valence electrons. The molecule has 1 amide bonds. The van der Waals surface area contributed by atoms with Gasteiger partial charge in [0, 0.05) is 25.2 Å². The molecule has 0 bridgehead atoms. The van der Waals surface area contributed by atoms with E-state index in [9.17, 15) is 13.2 Å². The molecule has 0 N–H and O–H groups in total. The van der Waals surface area contributed by atoms with Crippen molar-refractivity contribution in [2.45, 2.75) is 31.3 Å². The fourth-order valence-electron chi connectivity index (χ4n) is 4.21. The first kappa shape index (κ1) is 23.0. The van der Waals surface area contributed by atoms with Crippen LogP contribution in [0.2, 0.25) is 5.02 Å². The molecule has 0 atom stereocenters. The number of thiazole rings is 1. The van der Waals surface area contributed by atoms with Crippen LogP contribution in [-0.4, -0.2) is 29.7 Å². The van der Waals surface area contributed by atoms with E-state index >= 15 is 0 Å². The summed E-state index contributed by atoms with van der Waals surface area (Å²) in [4.78, 5) is 17.9. The van der Waals surface area contributed by atoms with E-state index in [4.69, 9.17) is 11.6 Å². The maximum absolute atomic E-state index is 13.2. The van der Waals surface area contributed by atoms with Crippen LogP contribution < -0.4 is 4.80 Å². The third-order valence-electron chi connectivity index (χ3n) is 6.00. The van der Waals surface area contributed by atoms with E-state index in [2.05, 4.69) is 4.99 Å². The zero-order chi connectivity index (χ0) is 23.9. The van der Waals surface area contributed by atoms with Gasteiger partial charge in [0.15, 0.2) is 4.80 Å². The first-order valence-electron chi connectivity index (χ1n) is 10.9. The van der Waals surface area contributed by atoms with Crippen molar-refractivity contribution in [1.29, 1.82) is 0 Å². The molecule has 2 heterocycles. The van der Waals surface area contributed by atoms with Crippen molar-refractivity contribution in [1.82, 2.24) is 8.87 Å². The summed E-state index contributed by atoms with van der Waals surface area (Å²) in [6.07, 6.45) is 0.682. The number of aryl methyl sites for hydroxylation is 1. The molecule has 0 spiro atoms. The van der Waals surface area contributed by atoms with Crippen LogP contribution in [0.1, 0.15) is 28.4 Å². The molecule has 6 nitrogen and oxygen atoms in total. The third-order valence-corrected chi connectivity index (χ3v) is 9.21. The number of sulfonamides is 1. The number of rotatable bonds is 4. The minimum absolute atomic E-state index is 0.167. The largest absolute Gasteiger partial charge is 0.315 e. The highest BCUT2D eigenvalue weighted by molar-refractivity contribution is 7.89. The zero-order valence-electron chi connectivity index (χ0n) is 18.4. The van der Waals surface area contributed by atoms with Crippen molar-refractivity contribution in [2.75, 3.05) is 6.54 Å². The SMILES string of the molecule is CCn1c(=NC(=O)c2ccc(S(=O)(=O)N3CCc4ccccc4C3)cc2)sc2cccc(Cl)c21. The lowest BCUT2D eigenvalue weighted by Crippen LogP contribution is -2.35. The number of halogens is 1. The number of carbonyl (C=O) groups is 1. The highest BCUT2D eigenvalue weighted by Gasteiger charge is 2.28. The topological polar surface area (TPSA) is 71.7 Å². The molecule has 1 aromatic heterocycles. The van der Waals surface area contributed by atoms with Crippen LogP contribution in [0.5, 0.6) is 0 Å². The molecule has 0 unspecified atom stereocenters. The number of hydrogen-bond donors (Lipinski definition) is 0. The van der Waals surface area contributed by atoms with Gasteiger partial charge in [-0.15, -0.1) is 0 Å². The number of benzene rings is 3. The van der Waals surface area contributed by atoms with Gasteiger partial charge in [0.1, 0.15) is 0 Å². The molecule has 1 aliphatic heterocycles. The minimum Gasteiger partial charge on any atom is -0.315 e. The average Bonchev–Trinajstić information content (AvgIpc) is 3.22. The summed E-state index contributed by atoms with van der Waals surface area (Å²) in [6, 6.07) is 19.5. The number of nitrogens with zero attached hydrogens (tertiary/aromatic N) is 3. The first-order chi connectivity index (χ1) is 16.4. The molecule has 0 radical (unpaired) electrons. The highest BCUT2D eigenvalue weighted by atomic mass is 35.5. The van der Waals surface area contributed by atoms with Gasteiger partial charge in [-0.2, -0.15) is 9.30 Å². The lowest BCUT2D eigenvalue weighted by molar-refractivity contribution is 0.0997. The molecule has 0 saturated carbocycles. The third kappa shape index (κ3) is 4.11. The van der Waals surface area contributed by atoms with E-state index in [-0.39, 0.29) is 4.90 Å². The number of para-hydroxylation sites is 1. The molecule has 9 heteroatoms. The summed E-state index contributed by atoms with van der Waals surface area (Å²) in [5.74, 6) is -0.430. The Morgan fingerprint density at radius 2 is 1.76 bits per heavy atom. The summed E-state index contributed by atoms with van der Waals surface area (Å²) in [5, 5.41) is 0.611. The summed E-state index contributed by atoms with van der Waals surface area (Å²) in [6.45, 7) is 3.37. The van der Waals surface area contributed by atoms with Crippen LogP contribution in [0.15, 0.2) is 76.6 Å². The average molecular weight is 512 g/mol. The predicted octanol–water partition coefficient (Wildman–Crippen LogP) is 4.86. The Hall–Kier alpha value is -2.78. The van der Waals surface area contributed by atoms with Gasteiger partial charge in [0.25, 0.3) is 5.91 Å². The van der Waals surface area contributed by atoms with Crippen molar-refractivity contribution < 1.29 is 13.2 Å². The Morgan fingerprint density at radius 1 is 1.03 bits per heavy atom. The standard InChI is InChI=1S/C25H22ClN3O3S2/c1-2-29-23-21(26)8-5-9-22(23)33-25(29)27-24(30)18-10-12-20(13-11-18)34(31,32)28-15-14-17-6-3-4-7-19(17)16-28/h3-13H,2,14-16H2,1H3. The lowest BCUT2D eigenvalue weighted by atomic mass is 10.0. The number of aromatic nitrogens is 1. The van der Waals surface area contributed by atoms with Gasteiger partial charge < -0.3 is 4.57 Å². The molecule has 0 fully saturated rings. The predicted molar refractivity (Wildman–Crippen MR) is 135 cm³/mol. The van der Waals surface area contributed by atoms with Crippen LogP contribution in [-0.2, 0) is 29.5 Å². The number of carbonyl (C=O) groups excluding carboxylic acids is 1. The lowest BCUT2D eigenvalue weighted by Gasteiger charge is -2.28. The molecular weight excluding hydrogens is 490 g/mol. The molecule has 3 aromatic carbocycles. The van der Waals surface area contributed by atoms with E-state index < -0.39 is 15.9 Å². The minimum atomic E-state index is -3.66. The van der Waals surface area contributed by atoms with Gasteiger partial charge >= 0.3 is 0 Å². The van der Waals surface area contributed by atoms with Gasteiger partial charge in [-0.05, 0) is 60.9 Å². The van der Waals surface area contributed by atoms with E-state index in [0.29, 0.717) is 41.4 Å². The normalized spacial score (nSPS) is 14.9. The summed E-state index contributed by atoms with van der Waals surface area (Å²) in [7, 11) is -3.66. The van der Waals surface area contributed by atoms with Crippen molar-refractivity contribution in [3.8, 4) is 0 Å². The first-order valence-corrected chi connectivity index (χ1v) is 13.6. The monoisotopic (exact) mass is 511 g/mol. The smallest absolute Gasteiger partial charge is 0.279 e. The molecule has 5 rings (SSSR count). The van der Waals surface area contributed by atoms with Gasteiger partial charge in [0.2, 0.25) is 10.0 Å². The molecule has 1 aliphatic rings. The molecule has 34 heavy (non-hydrogen) atoms. The number of fused-ring (bicyclic) bond motifs is 2. The van der Waals surface area contributed by atoms with Crippen molar-refractivity contribution in [3.63, 3.8) is 0 Å². The van der Waals surface area contributed by atoms with Crippen LogP contribution in [0.4, 0.5) is 0 Å². The van der Waals surface area contributed by atoms with Crippen molar-refractivity contribution >= 4 is 49.1 Å². The van der Waals surface area contributed by atoms with Crippen LogP contribution in [0.3, 0.4) is 0 Å². The van der Waals surface area contributed by atoms with Crippen LogP contribution in [0, 0.1) is 0 Å². The van der Waals surface area contributed by atoms with E-state index in [1.165, 1.54) is 45.5 Å². The Kier molecular flexibility index (Phi) is 6.16. The van der Waals surface area contributed by atoms with E-state index in [1.54, 1.807) is 0 Å². The van der Waals surface area contributed by atoms with Gasteiger partial charge in [-0.1, -0.05) is 53.3 Å². The zero-order valence-corrected chi connectivity index (χ0v) is 20.8. The Morgan fingerprint density at radius 3 is 2.50 bits per heavy atom. The second-order valence-corrected chi connectivity index (χ2v) is 11.4. The van der Waals surface area contributed by atoms with Crippen molar-refractivity contribution in [3.05, 3.63) is 93.2 Å². The summed E-state index contributed by atoms with van der Waals surface area (Å²) in [5.41, 5.74) is 3.39. The molecule has 4 aromatic rings. The van der Waals surface area contributed by atoms with E-state index in [1.807, 2.05) is 54.0 Å².